The summed E-state index contributed by atoms with van der Waals surface area (Å²) < 4.78 is -0.126. The van der Waals surface area contributed by atoms with Crippen molar-refractivity contribution in [2.24, 2.45) is 0 Å². The van der Waals surface area contributed by atoms with Gasteiger partial charge in [0.05, 0.1) is 6.42 Å². The third-order valence-corrected chi connectivity index (χ3v) is 1.05. The second kappa shape index (κ2) is 4.72. The maximum Gasteiger partial charge on any atom is 0.228 e. The van der Waals surface area contributed by atoms with Crippen molar-refractivity contribution in [1.29, 1.82) is 0 Å². The van der Waals surface area contributed by atoms with Crippen LogP contribution in [0, 0.1) is 0 Å². The Bertz CT molecular complexity index is 124. The Morgan fingerprint density at radius 1 is 1.56 bits per heavy atom. The zero-order chi connectivity index (χ0) is 7.28. The molecule has 1 amide bonds. The summed E-state index contributed by atoms with van der Waals surface area (Å²) >= 11 is 1.60. The highest BCUT2D eigenvalue weighted by Crippen LogP contribution is 1.90. The lowest BCUT2D eigenvalue weighted by molar-refractivity contribution is -0.124. The standard InChI is InChI=1S/C5H8INO2/c1-2-7-5(9)3-4(6)8/h2-3H2,1H3,(H,7,9). The highest BCUT2D eigenvalue weighted by Gasteiger charge is 2.02. The summed E-state index contributed by atoms with van der Waals surface area (Å²) in [5, 5.41) is 2.51. The van der Waals surface area contributed by atoms with Crippen molar-refractivity contribution in [3.05, 3.63) is 0 Å². The minimum absolute atomic E-state index is 0.00556. The van der Waals surface area contributed by atoms with Gasteiger partial charge in [0, 0.05) is 29.1 Å². The van der Waals surface area contributed by atoms with Gasteiger partial charge < -0.3 is 5.32 Å². The topological polar surface area (TPSA) is 46.2 Å². The van der Waals surface area contributed by atoms with Crippen molar-refractivity contribution >= 4 is 32.3 Å². The third kappa shape index (κ3) is 5.75. The summed E-state index contributed by atoms with van der Waals surface area (Å²) in [6, 6.07) is 0. The van der Waals surface area contributed by atoms with E-state index >= 15 is 0 Å². The zero-order valence-corrected chi connectivity index (χ0v) is 7.27. The van der Waals surface area contributed by atoms with Gasteiger partial charge in [0.1, 0.15) is 0 Å². The number of carbonyl (C=O) groups excluding carboxylic acids is 2. The molecule has 0 saturated carbocycles. The van der Waals surface area contributed by atoms with Gasteiger partial charge in [-0.2, -0.15) is 0 Å². The van der Waals surface area contributed by atoms with Gasteiger partial charge in [0.25, 0.3) is 0 Å². The van der Waals surface area contributed by atoms with Crippen LogP contribution < -0.4 is 5.32 Å². The Morgan fingerprint density at radius 2 is 2.11 bits per heavy atom. The van der Waals surface area contributed by atoms with Crippen LogP contribution in [0.1, 0.15) is 13.3 Å². The monoisotopic (exact) mass is 241 g/mol. The van der Waals surface area contributed by atoms with E-state index in [1.807, 2.05) is 6.92 Å². The minimum Gasteiger partial charge on any atom is -0.356 e. The van der Waals surface area contributed by atoms with E-state index in [9.17, 15) is 9.59 Å². The van der Waals surface area contributed by atoms with E-state index in [0.717, 1.165) is 0 Å². The van der Waals surface area contributed by atoms with E-state index in [-0.39, 0.29) is 16.1 Å². The first-order chi connectivity index (χ1) is 4.16. The van der Waals surface area contributed by atoms with Gasteiger partial charge in [-0.25, -0.2) is 0 Å². The van der Waals surface area contributed by atoms with Crippen molar-refractivity contribution < 1.29 is 9.59 Å². The zero-order valence-electron chi connectivity index (χ0n) is 5.11. The third-order valence-electron chi connectivity index (χ3n) is 0.673. The average Bonchev–Trinajstić information content (AvgIpc) is 1.63. The molecule has 9 heavy (non-hydrogen) atoms. The Morgan fingerprint density at radius 3 is 2.44 bits per heavy atom. The Kier molecular flexibility index (Phi) is 4.65. The molecule has 0 aliphatic heterocycles. The van der Waals surface area contributed by atoms with Crippen molar-refractivity contribution in [1.82, 2.24) is 5.32 Å². The van der Waals surface area contributed by atoms with Crippen LogP contribution in [0.3, 0.4) is 0 Å². The van der Waals surface area contributed by atoms with Gasteiger partial charge in [-0.3, -0.25) is 9.59 Å². The molecule has 0 rings (SSSR count). The lowest BCUT2D eigenvalue weighted by Gasteiger charge is -1.95. The van der Waals surface area contributed by atoms with Crippen molar-refractivity contribution in [3.8, 4) is 0 Å². The van der Waals surface area contributed by atoms with Crippen LogP contribution in [0.5, 0.6) is 0 Å². The quantitative estimate of drug-likeness (QED) is 0.443. The molecule has 0 fully saturated rings. The van der Waals surface area contributed by atoms with E-state index in [4.69, 9.17) is 0 Å². The molecule has 0 atom stereocenters. The highest BCUT2D eigenvalue weighted by molar-refractivity contribution is 14.1. The average molecular weight is 241 g/mol. The second-order valence-corrected chi connectivity index (χ2v) is 2.69. The molecule has 3 nitrogen and oxygen atoms in total. The van der Waals surface area contributed by atoms with Gasteiger partial charge in [-0.05, 0) is 6.92 Å². The minimum atomic E-state index is -0.197. The molecule has 52 valence electrons. The van der Waals surface area contributed by atoms with Crippen LogP contribution >= 0.6 is 22.6 Å². The second-order valence-electron chi connectivity index (χ2n) is 1.49. The number of amides is 1. The van der Waals surface area contributed by atoms with Crippen molar-refractivity contribution in [2.45, 2.75) is 13.3 Å². The van der Waals surface area contributed by atoms with Crippen LogP contribution in [-0.4, -0.2) is 16.2 Å². The molecule has 0 aliphatic rings. The summed E-state index contributed by atoms with van der Waals surface area (Å²) in [4.78, 5) is 20.8. The van der Waals surface area contributed by atoms with E-state index in [1.165, 1.54) is 0 Å². The molecule has 0 saturated heterocycles. The van der Waals surface area contributed by atoms with Crippen LogP contribution in [0.4, 0.5) is 0 Å². The van der Waals surface area contributed by atoms with Crippen LogP contribution in [-0.2, 0) is 9.59 Å². The molecule has 0 spiro atoms. The Labute approximate surface area is 67.3 Å². The normalized spacial score (nSPS) is 8.67. The molecule has 0 heterocycles. The smallest absolute Gasteiger partial charge is 0.228 e. The summed E-state index contributed by atoms with van der Waals surface area (Å²) in [6.45, 7) is 2.40. The molecule has 0 aromatic carbocycles. The largest absolute Gasteiger partial charge is 0.356 e. The van der Waals surface area contributed by atoms with E-state index in [0.29, 0.717) is 6.54 Å². The molecule has 0 aromatic heterocycles. The van der Waals surface area contributed by atoms with Gasteiger partial charge >= 0.3 is 0 Å². The van der Waals surface area contributed by atoms with Crippen LogP contribution in [0.15, 0.2) is 0 Å². The number of halogens is 1. The molecular weight excluding hydrogens is 233 g/mol. The first-order valence-corrected chi connectivity index (χ1v) is 3.69. The number of carbonyl (C=O) groups is 2. The maximum absolute atomic E-state index is 10.5. The summed E-state index contributed by atoms with van der Waals surface area (Å²) in [7, 11) is 0. The summed E-state index contributed by atoms with van der Waals surface area (Å²) in [6.07, 6.45) is -0.00556. The molecule has 0 aromatic rings. The fraction of sp³-hybridized carbons (Fsp3) is 0.600. The molecule has 0 bridgehead atoms. The molecule has 4 heteroatoms. The number of nitrogens with one attached hydrogen (secondary N) is 1. The number of hydrogen-bond donors (Lipinski definition) is 1. The maximum atomic E-state index is 10.5. The van der Waals surface area contributed by atoms with Gasteiger partial charge in [0.15, 0.2) is 0 Å². The first kappa shape index (κ1) is 8.87. The van der Waals surface area contributed by atoms with Gasteiger partial charge in [-0.1, -0.05) is 0 Å². The van der Waals surface area contributed by atoms with Gasteiger partial charge in [0.2, 0.25) is 9.70 Å². The lowest BCUT2D eigenvalue weighted by atomic mass is 10.4. The summed E-state index contributed by atoms with van der Waals surface area (Å²) in [5.41, 5.74) is 0. The predicted octanol–water partition coefficient (Wildman–Crippen LogP) is 0.474. The predicted molar refractivity (Wildman–Crippen MR) is 42.3 cm³/mol. The molecule has 0 unspecified atom stereocenters. The summed E-state index contributed by atoms with van der Waals surface area (Å²) in [5.74, 6) is -0.197. The van der Waals surface area contributed by atoms with E-state index in [1.54, 1.807) is 22.6 Å². The highest BCUT2D eigenvalue weighted by atomic mass is 127. The SMILES string of the molecule is CCNC(=O)CC(=O)I. The fourth-order valence-electron chi connectivity index (χ4n) is 0.386. The van der Waals surface area contributed by atoms with Crippen molar-refractivity contribution in [3.63, 3.8) is 0 Å². The van der Waals surface area contributed by atoms with Crippen LogP contribution in [0.2, 0.25) is 0 Å². The Balaban J connectivity index is 3.39. The number of rotatable bonds is 3. The van der Waals surface area contributed by atoms with Gasteiger partial charge in [-0.15, -0.1) is 0 Å². The van der Waals surface area contributed by atoms with Crippen molar-refractivity contribution in [2.75, 3.05) is 6.54 Å². The number of hydrogen-bond acceptors (Lipinski definition) is 2. The Hall–Kier alpha value is -0.130. The van der Waals surface area contributed by atoms with Crippen LogP contribution in [0.25, 0.3) is 0 Å². The van der Waals surface area contributed by atoms with E-state index in [2.05, 4.69) is 5.32 Å². The first-order valence-electron chi connectivity index (χ1n) is 2.61. The fourth-order valence-corrected chi connectivity index (χ4v) is 0.732. The molecule has 0 aliphatic carbocycles. The lowest BCUT2D eigenvalue weighted by Crippen LogP contribution is -2.23. The molecule has 0 radical (unpaired) electrons. The van der Waals surface area contributed by atoms with E-state index < -0.39 is 0 Å². The molecule has 1 N–H and O–H groups in total. The molecular formula is C5H8INO2.